The van der Waals surface area contributed by atoms with Gasteiger partial charge >= 0.3 is 11.7 Å². The van der Waals surface area contributed by atoms with Gasteiger partial charge in [-0.05, 0) is 27.9 Å². The first-order chi connectivity index (χ1) is 9.77. The van der Waals surface area contributed by atoms with Crippen LogP contribution in [0, 0.1) is 10.1 Å². The molecule has 0 radical (unpaired) electrons. The number of carboxylic acid groups (broad SMARTS) is 1. The molecule has 0 aromatic carbocycles. The fourth-order valence-corrected chi connectivity index (χ4v) is 2.22. The molecule has 0 saturated heterocycles. The fraction of sp³-hybridized carbons (Fsp3) is 0.538. The van der Waals surface area contributed by atoms with Gasteiger partial charge in [0.05, 0.1) is 10.5 Å². The van der Waals surface area contributed by atoms with Crippen molar-refractivity contribution in [2.45, 2.75) is 19.9 Å². The van der Waals surface area contributed by atoms with Crippen LogP contribution >= 0.6 is 0 Å². The monoisotopic (exact) mass is 296 g/mol. The lowest BCUT2D eigenvalue weighted by molar-refractivity contribution is -0.384. The van der Waals surface area contributed by atoms with E-state index in [2.05, 4.69) is 4.98 Å². The highest BCUT2D eigenvalue weighted by molar-refractivity contribution is 5.88. The van der Waals surface area contributed by atoms with E-state index in [1.165, 1.54) is 0 Å². The third-order valence-corrected chi connectivity index (χ3v) is 3.07. The Morgan fingerprint density at radius 2 is 2.14 bits per heavy atom. The Labute approximate surface area is 123 Å². The molecule has 1 unspecified atom stereocenters. The van der Waals surface area contributed by atoms with E-state index in [-0.39, 0.29) is 23.1 Å². The van der Waals surface area contributed by atoms with Crippen LogP contribution in [0.3, 0.4) is 0 Å². The Bertz CT molecular complexity index is 533. The molecule has 8 nitrogen and oxygen atoms in total. The minimum Gasteiger partial charge on any atom is -0.478 e. The third-order valence-electron chi connectivity index (χ3n) is 3.07. The summed E-state index contributed by atoms with van der Waals surface area (Å²) in [6.07, 6.45) is 1.15. The van der Waals surface area contributed by atoms with Crippen molar-refractivity contribution in [2.24, 2.45) is 0 Å². The number of nitrogens with zero attached hydrogens (tertiary/aromatic N) is 4. The van der Waals surface area contributed by atoms with Crippen LogP contribution in [0.4, 0.5) is 11.5 Å². The van der Waals surface area contributed by atoms with Gasteiger partial charge in [0.25, 0.3) is 0 Å². The summed E-state index contributed by atoms with van der Waals surface area (Å²) in [7, 11) is 3.83. The molecular formula is C13H20N4O4. The minimum atomic E-state index is -1.23. The van der Waals surface area contributed by atoms with Crippen LogP contribution in [0.25, 0.3) is 0 Å². The molecule has 0 aliphatic heterocycles. The van der Waals surface area contributed by atoms with Gasteiger partial charge in [0.1, 0.15) is 0 Å². The first kappa shape index (κ1) is 16.8. The van der Waals surface area contributed by atoms with Crippen LogP contribution in [-0.2, 0) is 0 Å². The number of nitro groups is 1. The SMILES string of the molecule is CCN(c1ncc(C(=O)O)cc1[N+](=O)[O-])C(C)CN(C)C. The smallest absolute Gasteiger partial charge is 0.337 e. The highest BCUT2D eigenvalue weighted by Crippen LogP contribution is 2.28. The van der Waals surface area contributed by atoms with Gasteiger partial charge < -0.3 is 14.9 Å². The lowest BCUT2D eigenvalue weighted by Crippen LogP contribution is -2.40. The third kappa shape index (κ3) is 4.12. The quantitative estimate of drug-likeness (QED) is 0.600. The molecule has 1 aromatic rings. The maximum atomic E-state index is 11.2. The van der Waals surface area contributed by atoms with Crippen LogP contribution in [0.2, 0.25) is 0 Å². The maximum absolute atomic E-state index is 11.2. The van der Waals surface area contributed by atoms with Gasteiger partial charge in [-0.1, -0.05) is 0 Å². The summed E-state index contributed by atoms with van der Waals surface area (Å²) in [5.41, 5.74) is -0.482. The predicted octanol–water partition coefficient (Wildman–Crippen LogP) is 1.46. The first-order valence-electron chi connectivity index (χ1n) is 6.57. The predicted molar refractivity (Wildman–Crippen MR) is 78.9 cm³/mol. The molecule has 8 heteroatoms. The molecule has 0 bridgehead atoms. The van der Waals surface area contributed by atoms with Gasteiger partial charge in [0.15, 0.2) is 0 Å². The number of aromatic nitrogens is 1. The molecule has 0 saturated carbocycles. The number of anilines is 1. The van der Waals surface area contributed by atoms with E-state index in [0.29, 0.717) is 13.1 Å². The molecule has 1 aromatic heterocycles. The van der Waals surface area contributed by atoms with Crippen molar-refractivity contribution in [3.63, 3.8) is 0 Å². The molecule has 0 aliphatic carbocycles. The Morgan fingerprint density at radius 3 is 2.57 bits per heavy atom. The van der Waals surface area contributed by atoms with Gasteiger partial charge in [0, 0.05) is 31.4 Å². The standard InChI is InChI=1S/C13H20N4O4/c1-5-16(9(2)8-15(3)4)12-11(17(20)21)6-10(7-14-12)13(18)19/h6-7,9H,5,8H2,1-4H3,(H,18,19). The summed E-state index contributed by atoms with van der Waals surface area (Å²) in [6.45, 7) is 5.06. The summed E-state index contributed by atoms with van der Waals surface area (Å²) in [4.78, 5) is 29.3. The van der Waals surface area contributed by atoms with E-state index >= 15 is 0 Å². The van der Waals surface area contributed by atoms with Gasteiger partial charge in [-0.25, -0.2) is 9.78 Å². The number of hydrogen-bond donors (Lipinski definition) is 1. The lowest BCUT2D eigenvalue weighted by Gasteiger charge is -2.30. The average Bonchev–Trinajstić information content (AvgIpc) is 2.38. The van der Waals surface area contributed by atoms with Gasteiger partial charge in [0.2, 0.25) is 5.82 Å². The molecule has 1 N–H and O–H groups in total. The van der Waals surface area contributed by atoms with Crippen molar-refractivity contribution in [1.29, 1.82) is 0 Å². The Balaban J connectivity index is 3.25. The highest BCUT2D eigenvalue weighted by Gasteiger charge is 2.25. The highest BCUT2D eigenvalue weighted by atomic mass is 16.6. The minimum absolute atomic E-state index is 0.00637. The second-order valence-electron chi connectivity index (χ2n) is 5.03. The second-order valence-corrected chi connectivity index (χ2v) is 5.03. The van der Waals surface area contributed by atoms with E-state index in [0.717, 1.165) is 12.3 Å². The largest absolute Gasteiger partial charge is 0.478 e. The van der Waals surface area contributed by atoms with Gasteiger partial charge in [-0.2, -0.15) is 0 Å². The maximum Gasteiger partial charge on any atom is 0.337 e. The molecule has 0 aliphatic rings. The summed E-state index contributed by atoms with van der Waals surface area (Å²) in [5.74, 6) is -1.04. The average molecular weight is 296 g/mol. The second kappa shape index (κ2) is 6.98. The van der Waals surface area contributed by atoms with Crippen LogP contribution < -0.4 is 4.90 Å². The summed E-state index contributed by atoms with van der Waals surface area (Å²) >= 11 is 0. The molecule has 0 fully saturated rings. The molecular weight excluding hydrogens is 276 g/mol. The lowest BCUT2D eigenvalue weighted by atomic mass is 10.2. The zero-order chi connectivity index (χ0) is 16.2. The van der Waals surface area contributed by atoms with Crippen molar-refractivity contribution >= 4 is 17.5 Å². The zero-order valence-corrected chi connectivity index (χ0v) is 12.6. The molecule has 21 heavy (non-hydrogen) atoms. The Hall–Kier alpha value is -2.22. The topological polar surface area (TPSA) is 99.8 Å². The summed E-state index contributed by atoms with van der Waals surface area (Å²) in [6, 6.07) is 1.06. The van der Waals surface area contributed by atoms with Crippen LogP contribution in [0.1, 0.15) is 24.2 Å². The number of pyridine rings is 1. The van der Waals surface area contributed by atoms with Crippen molar-refractivity contribution in [1.82, 2.24) is 9.88 Å². The number of carboxylic acids is 1. The number of hydrogen-bond acceptors (Lipinski definition) is 6. The molecule has 116 valence electrons. The van der Waals surface area contributed by atoms with Crippen molar-refractivity contribution in [3.8, 4) is 0 Å². The zero-order valence-electron chi connectivity index (χ0n) is 12.6. The van der Waals surface area contributed by atoms with E-state index in [9.17, 15) is 14.9 Å². The Morgan fingerprint density at radius 1 is 1.52 bits per heavy atom. The molecule has 0 amide bonds. The summed E-state index contributed by atoms with van der Waals surface area (Å²) < 4.78 is 0. The van der Waals surface area contributed by atoms with E-state index in [4.69, 9.17) is 5.11 Å². The van der Waals surface area contributed by atoms with Crippen LogP contribution in [0.15, 0.2) is 12.3 Å². The van der Waals surface area contributed by atoms with Crippen molar-refractivity contribution in [3.05, 3.63) is 27.9 Å². The van der Waals surface area contributed by atoms with E-state index in [1.54, 1.807) is 4.90 Å². The normalized spacial score (nSPS) is 12.2. The number of aromatic carboxylic acids is 1. The fourth-order valence-electron chi connectivity index (χ4n) is 2.22. The molecule has 0 spiro atoms. The van der Waals surface area contributed by atoms with E-state index in [1.807, 2.05) is 32.8 Å². The number of rotatable bonds is 7. The summed E-state index contributed by atoms with van der Waals surface area (Å²) in [5, 5.41) is 20.1. The van der Waals surface area contributed by atoms with Crippen molar-refractivity contribution in [2.75, 3.05) is 32.1 Å². The van der Waals surface area contributed by atoms with Gasteiger partial charge in [-0.15, -0.1) is 0 Å². The number of carbonyl (C=O) groups is 1. The van der Waals surface area contributed by atoms with Crippen LogP contribution in [0.5, 0.6) is 0 Å². The van der Waals surface area contributed by atoms with Crippen molar-refractivity contribution < 1.29 is 14.8 Å². The van der Waals surface area contributed by atoms with Gasteiger partial charge in [-0.3, -0.25) is 10.1 Å². The van der Waals surface area contributed by atoms with E-state index < -0.39 is 10.9 Å². The molecule has 1 heterocycles. The van der Waals surface area contributed by atoms with Crippen LogP contribution in [-0.4, -0.2) is 59.1 Å². The molecule has 1 rings (SSSR count). The Kier molecular flexibility index (Phi) is 5.60. The first-order valence-corrected chi connectivity index (χ1v) is 6.57. The number of likely N-dealkylation sites (N-methyl/N-ethyl adjacent to an activating group) is 2. The molecule has 1 atom stereocenters.